The van der Waals surface area contributed by atoms with Crippen LogP contribution in [0.25, 0.3) is 0 Å². The molecule has 1 N–H and O–H groups in total. The quantitative estimate of drug-likeness (QED) is 0.774. The number of ether oxygens (including phenoxy) is 5. The van der Waals surface area contributed by atoms with Crippen molar-refractivity contribution in [3.63, 3.8) is 0 Å². The van der Waals surface area contributed by atoms with Gasteiger partial charge in [-0.15, -0.1) is 0 Å². The van der Waals surface area contributed by atoms with Gasteiger partial charge in [0.15, 0.2) is 0 Å². The van der Waals surface area contributed by atoms with Gasteiger partial charge in [0.1, 0.15) is 12.2 Å². The minimum absolute atomic E-state index is 0.234. The number of aliphatic hydroxyl groups excluding tert-OH is 1. The number of rotatable bonds is 4. The second-order valence-electron chi connectivity index (χ2n) is 6.38. The predicted octanol–water partition coefficient (Wildman–Crippen LogP) is 1.14. The molecule has 0 aromatic rings. The Balaban J connectivity index is 2.24. The number of methoxy groups -OCH3 is 2. The van der Waals surface area contributed by atoms with Crippen LogP contribution >= 0.6 is 0 Å². The first-order valence-electron chi connectivity index (χ1n) is 7.71. The Morgan fingerprint density at radius 2 is 1.83 bits per heavy atom. The van der Waals surface area contributed by atoms with E-state index >= 15 is 0 Å². The van der Waals surface area contributed by atoms with Crippen molar-refractivity contribution >= 4 is 5.97 Å². The Labute approximate surface area is 136 Å². The predicted molar refractivity (Wildman–Crippen MR) is 80.5 cm³/mol. The van der Waals surface area contributed by atoms with Gasteiger partial charge in [0.05, 0.1) is 12.2 Å². The number of aliphatic hydroxyl groups is 1. The molecule has 0 aromatic heterocycles. The summed E-state index contributed by atoms with van der Waals surface area (Å²) in [7, 11) is 2.97. The van der Waals surface area contributed by atoms with E-state index in [4.69, 9.17) is 23.7 Å². The molecule has 2 aliphatic rings. The third-order valence-electron chi connectivity index (χ3n) is 4.44. The molecular weight excluding hydrogens is 304 g/mol. The molecule has 0 spiro atoms. The topological polar surface area (TPSA) is 83.5 Å². The standard InChI is InChI=1S/C16H26O7/c1-9(2)21-14(18)10-7-11(17)13-12(8-10)22-15(3,19-5)16(4,20-6)23-13/h7,9,11-13,17H,8H2,1-6H3/t11-,12-,13-,15+,16+/m1/s1. The summed E-state index contributed by atoms with van der Waals surface area (Å²) in [5, 5.41) is 10.3. The van der Waals surface area contributed by atoms with Crippen molar-refractivity contribution in [3.8, 4) is 0 Å². The Morgan fingerprint density at radius 3 is 2.35 bits per heavy atom. The lowest BCUT2D eigenvalue weighted by atomic mass is 9.89. The highest BCUT2D eigenvalue weighted by molar-refractivity contribution is 5.89. The van der Waals surface area contributed by atoms with E-state index in [2.05, 4.69) is 0 Å². The molecule has 0 amide bonds. The van der Waals surface area contributed by atoms with Gasteiger partial charge in [-0.05, 0) is 33.8 Å². The van der Waals surface area contributed by atoms with Gasteiger partial charge in [0.25, 0.3) is 0 Å². The van der Waals surface area contributed by atoms with Crippen LogP contribution in [0.4, 0.5) is 0 Å². The molecule has 0 saturated carbocycles. The summed E-state index contributed by atoms with van der Waals surface area (Å²) in [6, 6.07) is 0. The van der Waals surface area contributed by atoms with Crippen molar-refractivity contribution < 1.29 is 33.6 Å². The Morgan fingerprint density at radius 1 is 1.26 bits per heavy atom. The van der Waals surface area contributed by atoms with Crippen molar-refractivity contribution in [3.05, 3.63) is 11.6 Å². The Bertz CT molecular complexity index is 489. The van der Waals surface area contributed by atoms with Crippen molar-refractivity contribution in [1.29, 1.82) is 0 Å². The number of esters is 1. The molecule has 7 heteroatoms. The number of carbonyl (C=O) groups excluding carboxylic acids is 1. The zero-order valence-corrected chi connectivity index (χ0v) is 14.5. The average Bonchev–Trinajstić information content (AvgIpc) is 2.48. The van der Waals surface area contributed by atoms with Crippen LogP contribution in [-0.2, 0) is 28.5 Å². The minimum Gasteiger partial charge on any atom is -0.460 e. The van der Waals surface area contributed by atoms with Crippen molar-refractivity contribution in [1.82, 2.24) is 0 Å². The van der Waals surface area contributed by atoms with Crippen LogP contribution in [0.5, 0.6) is 0 Å². The molecular formula is C16H26O7. The average molecular weight is 330 g/mol. The molecule has 1 aliphatic heterocycles. The zero-order chi connectivity index (χ0) is 17.4. The summed E-state index contributed by atoms with van der Waals surface area (Å²) < 4.78 is 28.0. The van der Waals surface area contributed by atoms with E-state index in [9.17, 15) is 9.90 Å². The summed E-state index contributed by atoms with van der Waals surface area (Å²) >= 11 is 0. The highest BCUT2D eigenvalue weighted by atomic mass is 16.8. The molecule has 0 bridgehead atoms. The molecule has 132 valence electrons. The lowest BCUT2D eigenvalue weighted by Crippen LogP contribution is -2.67. The van der Waals surface area contributed by atoms with E-state index in [0.717, 1.165) is 0 Å². The van der Waals surface area contributed by atoms with E-state index < -0.39 is 35.9 Å². The van der Waals surface area contributed by atoms with Crippen molar-refractivity contribution in [2.45, 2.75) is 70.1 Å². The molecule has 1 aliphatic carbocycles. The number of fused-ring (bicyclic) bond motifs is 1. The molecule has 0 unspecified atom stereocenters. The molecule has 1 saturated heterocycles. The van der Waals surface area contributed by atoms with E-state index in [-0.39, 0.29) is 12.5 Å². The van der Waals surface area contributed by atoms with Gasteiger partial charge in [-0.1, -0.05) is 0 Å². The number of hydrogen-bond acceptors (Lipinski definition) is 7. The first kappa shape index (κ1) is 18.4. The smallest absolute Gasteiger partial charge is 0.334 e. The highest BCUT2D eigenvalue weighted by Gasteiger charge is 2.58. The van der Waals surface area contributed by atoms with Gasteiger partial charge in [-0.3, -0.25) is 0 Å². The van der Waals surface area contributed by atoms with Gasteiger partial charge in [0, 0.05) is 26.2 Å². The van der Waals surface area contributed by atoms with Crippen LogP contribution in [0.1, 0.15) is 34.1 Å². The highest BCUT2D eigenvalue weighted by Crippen LogP contribution is 2.43. The van der Waals surface area contributed by atoms with Crippen LogP contribution in [-0.4, -0.2) is 61.3 Å². The van der Waals surface area contributed by atoms with Crippen molar-refractivity contribution in [2.75, 3.05) is 14.2 Å². The van der Waals surface area contributed by atoms with Crippen LogP contribution in [0.3, 0.4) is 0 Å². The third kappa shape index (κ3) is 3.29. The zero-order valence-electron chi connectivity index (χ0n) is 14.5. The summed E-state index contributed by atoms with van der Waals surface area (Å²) in [5.41, 5.74) is 0.371. The number of hydrogen-bond donors (Lipinski definition) is 1. The summed E-state index contributed by atoms with van der Waals surface area (Å²) in [5.74, 6) is -2.82. The van der Waals surface area contributed by atoms with Gasteiger partial charge in [0.2, 0.25) is 11.6 Å². The van der Waals surface area contributed by atoms with Gasteiger partial charge in [-0.25, -0.2) is 4.79 Å². The van der Waals surface area contributed by atoms with Crippen LogP contribution in [0.2, 0.25) is 0 Å². The molecule has 0 aromatic carbocycles. The lowest BCUT2D eigenvalue weighted by molar-refractivity contribution is -0.453. The fourth-order valence-electron chi connectivity index (χ4n) is 2.85. The first-order chi connectivity index (χ1) is 10.7. The van der Waals surface area contributed by atoms with Crippen LogP contribution in [0, 0.1) is 0 Å². The maximum absolute atomic E-state index is 12.1. The SMILES string of the molecule is CO[C@@]1(C)O[C@@H]2[C@H](O)C=C(C(=O)OC(C)C)C[C@H]2O[C@]1(C)OC. The molecule has 1 fully saturated rings. The fourth-order valence-corrected chi connectivity index (χ4v) is 2.85. The fraction of sp³-hybridized carbons (Fsp3) is 0.812. The largest absolute Gasteiger partial charge is 0.460 e. The molecule has 23 heavy (non-hydrogen) atoms. The van der Waals surface area contributed by atoms with E-state index in [1.165, 1.54) is 20.3 Å². The second kappa shape index (κ2) is 6.49. The van der Waals surface area contributed by atoms with E-state index in [0.29, 0.717) is 5.57 Å². The van der Waals surface area contributed by atoms with Gasteiger partial charge >= 0.3 is 5.97 Å². The molecule has 7 nitrogen and oxygen atoms in total. The Kier molecular flexibility index (Phi) is 5.18. The molecule has 2 rings (SSSR count). The van der Waals surface area contributed by atoms with Gasteiger partial charge in [-0.2, -0.15) is 0 Å². The maximum Gasteiger partial charge on any atom is 0.334 e. The summed E-state index contributed by atoms with van der Waals surface area (Å²) in [6.07, 6.45) is -0.703. The van der Waals surface area contributed by atoms with E-state index in [1.807, 2.05) is 0 Å². The minimum atomic E-state index is -1.19. The first-order valence-corrected chi connectivity index (χ1v) is 7.71. The molecule has 0 radical (unpaired) electrons. The monoisotopic (exact) mass is 330 g/mol. The van der Waals surface area contributed by atoms with Crippen molar-refractivity contribution in [2.24, 2.45) is 0 Å². The summed E-state index contributed by atoms with van der Waals surface area (Å²) in [4.78, 5) is 12.1. The van der Waals surface area contributed by atoms with Gasteiger partial charge < -0.3 is 28.8 Å². The van der Waals surface area contributed by atoms with Crippen LogP contribution in [0.15, 0.2) is 11.6 Å². The molecule has 1 heterocycles. The summed E-state index contributed by atoms with van der Waals surface area (Å²) in [6.45, 7) is 6.93. The van der Waals surface area contributed by atoms with Crippen LogP contribution < -0.4 is 0 Å². The second-order valence-corrected chi connectivity index (χ2v) is 6.38. The maximum atomic E-state index is 12.1. The Hall–Kier alpha value is -0.990. The van der Waals surface area contributed by atoms with E-state index in [1.54, 1.807) is 27.7 Å². The normalized spacial score (nSPS) is 40.5. The molecule has 5 atom stereocenters. The third-order valence-corrected chi connectivity index (χ3v) is 4.44. The number of carbonyl (C=O) groups is 1. The lowest BCUT2D eigenvalue weighted by Gasteiger charge is -2.53.